The summed E-state index contributed by atoms with van der Waals surface area (Å²) < 4.78 is 6.62. The first kappa shape index (κ1) is 17.7. The number of nitriles is 1. The third-order valence-corrected chi connectivity index (χ3v) is 4.84. The number of rotatable bonds is 4. The molecule has 134 valence electrons. The van der Waals surface area contributed by atoms with Crippen molar-refractivity contribution in [3.05, 3.63) is 57.5 Å². The monoisotopic (exact) mass is 352 g/mol. The molecule has 0 bridgehead atoms. The SMILES string of the molecule is COc1ccc(O)c(C(=O)c2cc(C#N)c(=O)n(C3CCCCC3)c2)c1. The number of aromatic nitrogens is 1. The van der Waals surface area contributed by atoms with Crippen LogP contribution in [-0.4, -0.2) is 22.6 Å². The zero-order valence-electron chi connectivity index (χ0n) is 14.6. The highest BCUT2D eigenvalue weighted by atomic mass is 16.5. The Balaban J connectivity index is 2.09. The van der Waals surface area contributed by atoms with E-state index < -0.39 is 5.78 Å². The number of pyridine rings is 1. The van der Waals surface area contributed by atoms with Crippen LogP contribution in [0, 0.1) is 11.3 Å². The van der Waals surface area contributed by atoms with Gasteiger partial charge < -0.3 is 14.4 Å². The van der Waals surface area contributed by atoms with Gasteiger partial charge in [0.1, 0.15) is 23.1 Å². The number of aromatic hydroxyl groups is 1. The zero-order chi connectivity index (χ0) is 18.7. The number of ether oxygens (including phenoxy) is 1. The van der Waals surface area contributed by atoms with Crippen molar-refractivity contribution in [2.75, 3.05) is 7.11 Å². The second-order valence-electron chi connectivity index (χ2n) is 6.47. The van der Waals surface area contributed by atoms with Gasteiger partial charge >= 0.3 is 0 Å². The van der Waals surface area contributed by atoms with Crippen molar-refractivity contribution in [3.8, 4) is 17.6 Å². The highest BCUT2D eigenvalue weighted by Gasteiger charge is 2.22. The van der Waals surface area contributed by atoms with E-state index in [0.717, 1.165) is 32.1 Å². The summed E-state index contributed by atoms with van der Waals surface area (Å²) in [4.78, 5) is 25.4. The third-order valence-electron chi connectivity index (χ3n) is 4.84. The maximum absolute atomic E-state index is 12.9. The fourth-order valence-electron chi connectivity index (χ4n) is 3.42. The highest BCUT2D eigenvalue weighted by Crippen LogP contribution is 2.29. The molecule has 6 nitrogen and oxygen atoms in total. The van der Waals surface area contributed by atoms with Crippen LogP contribution in [0.15, 0.2) is 35.3 Å². The molecular weight excluding hydrogens is 332 g/mol. The van der Waals surface area contributed by atoms with Gasteiger partial charge in [0.05, 0.1) is 12.7 Å². The molecule has 1 fully saturated rings. The van der Waals surface area contributed by atoms with Crippen LogP contribution in [0.5, 0.6) is 11.5 Å². The number of carbonyl (C=O) groups excluding carboxylic acids is 1. The van der Waals surface area contributed by atoms with E-state index in [1.54, 1.807) is 6.07 Å². The van der Waals surface area contributed by atoms with Crippen molar-refractivity contribution in [2.45, 2.75) is 38.1 Å². The minimum absolute atomic E-state index is 0.00462. The van der Waals surface area contributed by atoms with E-state index in [0.29, 0.717) is 5.75 Å². The van der Waals surface area contributed by atoms with Gasteiger partial charge in [-0.15, -0.1) is 0 Å². The molecule has 1 aliphatic carbocycles. The van der Waals surface area contributed by atoms with E-state index in [-0.39, 0.29) is 34.0 Å². The Bertz CT molecular complexity index is 934. The van der Waals surface area contributed by atoms with Crippen LogP contribution in [0.4, 0.5) is 0 Å². The molecule has 1 aromatic carbocycles. The molecule has 1 N–H and O–H groups in total. The number of phenols is 1. The predicted octanol–water partition coefficient (Wildman–Crippen LogP) is 3.17. The lowest BCUT2D eigenvalue weighted by Crippen LogP contribution is -2.29. The Morgan fingerprint density at radius 3 is 2.65 bits per heavy atom. The summed E-state index contributed by atoms with van der Waals surface area (Å²) >= 11 is 0. The molecule has 0 radical (unpaired) electrons. The number of benzene rings is 1. The summed E-state index contributed by atoms with van der Waals surface area (Å²) in [5.74, 6) is -0.195. The van der Waals surface area contributed by atoms with Gasteiger partial charge in [-0.3, -0.25) is 9.59 Å². The predicted molar refractivity (Wildman–Crippen MR) is 95.6 cm³/mol. The number of methoxy groups -OCH3 is 1. The Kier molecular flexibility index (Phi) is 5.08. The molecule has 0 saturated heterocycles. The van der Waals surface area contributed by atoms with Crippen molar-refractivity contribution in [2.24, 2.45) is 0 Å². The molecule has 26 heavy (non-hydrogen) atoms. The Labute approximate surface area is 151 Å². The van der Waals surface area contributed by atoms with E-state index in [4.69, 9.17) is 4.74 Å². The maximum Gasteiger partial charge on any atom is 0.268 e. The first-order valence-electron chi connectivity index (χ1n) is 8.63. The summed E-state index contributed by atoms with van der Waals surface area (Å²) in [6.07, 6.45) is 6.40. The molecule has 2 aromatic rings. The van der Waals surface area contributed by atoms with Gasteiger partial charge in [-0.25, -0.2) is 0 Å². The number of carbonyl (C=O) groups is 1. The van der Waals surface area contributed by atoms with Gasteiger partial charge in [0, 0.05) is 17.8 Å². The molecule has 1 aromatic heterocycles. The lowest BCUT2D eigenvalue weighted by atomic mass is 9.94. The molecule has 0 amide bonds. The molecule has 0 spiro atoms. The minimum atomic E-state index is -0.456. The smallest absolute Gasteiger partial charge is 0.268 e. The first-order chi connectivity index (χ1) is 12.5. The van der Waals surface area contributed by atoms with Crippen LogP contribution in [0.1, 0.15) is 59.6 Å². The van der Waals surface area contributed by atoms with E-state index in [9.17, 15) is 20.0 Å². The molecule has 0 atom stereocenters. The number of hydrogen-bond acceptors (Lipinski definition) is 5. The van der Waals surface area contributed by atoms with Crippen molar-refractivity contribution in [1.29, 1.82) is 5.26 Å². The molecule has 0 unspecified atom stereocenters. The van der Waals surface area contributed by atoms with Gasteiger partial charge in [0.15, 0.2) is 5.78 Å². The summed E-state index contributed by atoms with van der Waals surface area (Å²) in [7, 11) is 1.47. The number of phenolic OH excluding ortho intramolecular Hbond substituents is 1. The summed E-state index contributed by atoms with van der Waals surface area (Å²) in [5.41, 5.74) is -0.160. The molecule has 0 aliphatic heterocycles. The zero-order valence-corrected chi connectivity index (χ0v) is 14.6. The van der Waals surface area contributed by atoms with Crippen LogP contribution in [0.3, 0.4) is 0 Å². The summed E-state index contributed by atoms with van der Waals surface area (Å²) in [6, 6.07) is 7.55. The van der Waals surface area contributed by atoms with E-state index >= 15 is 0 Å². The van der Waals surface area contributed by atoms with Gasteiger partial charge in [-0.2, -0.15) is 5.26 Å². The van der Waals surface area contributed by atoms with Gasteiger partial charge in [-0.1, -0.05) is 19.3 Å². The van der Waals surface area contributed by atoms with Crippen LogP contribution in [-0.2, 0) is 0 Å². The van der Waals surface area contributed by atoms with E-state index in [2.05, 4.69) is 0 Å². The van der Waals surface area contributed by atoms with Crippen molar-refractivity contribution < 1.29 is 14.6 Å². The van der Waals surface area contributed by atoms with E-state index in [1.807, 2.05) is 6.07 Å². The van der Waals surface area contributed by atoms with E-state index in [1.165, 1.54) is 36.1 Å². The average molecular weight is 352 g/mol. The largest absolute Gasteiger partial charge is 0.507 e. The minimum Gasteiger partial charge on any atom is -0.507 e. The topological polar surface area (TPSA) is 92.3 Å². The summed E-state index contributed by atoms with van der Waals surface area (Å²) in [5, 5.41) is 19.4. The average Bonchev–Trinajstić information content (AvgIpc) is 2.68. The Hall–Kier alpha value is -3.07. The van der Waals surface area contributed by atoms with Crippen LogP contribution in [0.25, 0.3) is 0 Å². The fraction of sp³-hybridized carbons (Fsp3) is 0.350. The normalized spacial score (nSPS) is 14.6. The molecule has 6 heteroatoms. The van der Waals surface area contributed by atoms with Gasteiger partial charge in [0.25, 0.3) is 5.56 Å². The number of hydrogen-bond donors (Lipinski definition) is 1. The number of ketones is 1. The van der Waals surface area contributed by atoms with Gasteiger partial charge in [-0.05, 0) is 37.1 Å². The first-order valence-corrected chi connectivity index (χ1v) is 8.63. The molecule has 3 rings (SSSR count). The molecule has 1 heterocycles. The van der Waals surface area contributed by atoms with Crippen LogP contribution < -0.4 is 10.3 Å². The van der Waals surface area contributed by atoms with Crippen molar-refractivity contribution >= 4 is 5.78 Å². The van der Waals surface area contributed by atoms with Gasteiger partial charge in [0.2, 0.25) is 0 Å². The van der Waals surface area contributed by atoms with Crippen LogP contribution in [0.2, 0.25) is 0 Å². The second kappa shape index (κ2) is 7.44. The fourth-order valence-corrected chi connectivity index (χ4v) is 3.42. The molecule has 1 aliphatic rings. The van der Waals surface area contributed by atoms with Crippen molar-refractivity contribution in [1.82, 2.24) is 4.57 Å². The third kappa shape index (κ3) is 3.33. The lowest BCUT2D eigenvalue weighted by molar-refractivity contribution is 0.103. The van der Waals surface area contributed by atoms with Crippen molar-refractivity contribution in [3.63, 3.8) is 0 Å². The Morgan fingerprint density at radius 2 is 2.00 bits per heavy atom. The quantitative estimate of drug-likeness (QED) is 0.853. The maximum atomic E-state index is 12.9. The second-order valence-corrected chi connectivity index (χ2v) is 6.47. The van der Waals surface area contributed by atoms with Crippen LogP contribution >= 0.6 is 0 Å². The molecule has 1 saturated carbocycles. The Morgan fingerprint density at radius 1 is 1.27 bits per heavy atom. The standard InChI is InChI=1S/C20H20N2O4/c1-26-16-7-8-18(23)17(10-16)19(24)14-9-13(11-21)20(25)22(12-14)15-5-3-2-4-6-15/h7-10,12,15,23H,2-6H2,1H3. The number of nitrogens with zero attached hydrogens (tertiary/aromatic N) is 2. The highest BCUT2D eigenvalue weighted by molar-refractivity contribution is 6.10. The molecular formula is C20H20N2O4. The summed E-state index contributed by atoms with van der Waals surface area (Å²) in [6.45, 7) is 0. The lowest BCUT2D eigenvalue weighted by Gasteiger charge is -2.24.